The molecule has 0 spiro atoms. The zero-order valence-corrected chi connectivity index (χ0v) is 11.8. The van der Waals surface area contributed by atoms with Crippen LogP contribution in [0.4, 0.5) is 0 Å². The summed E-state index contributed by atoms with van der Waals surface area (Å²) in [5, 5.41) is 10.6. The molecule has 0 aliphatic carbocycles. The fourth-order valence-electron chi connectivity index (χ4n) is 2.56. The van der Waals surface area contributed by atoms with Crippen LogP contribution in [0.3, 0.4) is 0 Å². The van der Waals surface area contributed by atoms with Crippen LogP contribution in [0, 0.1) is 0 Å². The molecule has 2 heterocycles. The molecule has 2 aromatic carbocycles. The maximum atomic E-state index is 4.13. The number of aromatic amines is 2. The second-order valence-electron chi connectivity index (χ2n) is 5.09. The third kappa shape index (κ3) is 2.31. The first-order valence-electron chi connectivity index (χ1n) is 7.10. The van der Waals surface area contributed by atoms with E-state index in [4.69, 9.17) is 0 Å². The monoisotopic (exact) mass is 286 g/mol. The molecule has 0 saturated heterocycles. The molecule has 22 heavy (non-hydrogen) atoms. The summed E-state index contributed by atoms with van der Waals surface area (Å²) in [7, 11) is 0. The molecule has 0 atom stereocenters. The normalized spacial score (nSPS) is 12.2. The molecular formula is C18H14N4. The molecule has 4 heteroatoms. The fourth-order valence-corrected chi connectivity index (χ4v) is 2.56. The second kappa shape index (κ2) is 5.33. The van der Waals surface area contributed by atoms with Crippen molar-refractivity contribution in [3.63, 3.8) is 0 Å². The Morgan fingerprint density at radius 1 is 0.818 bits per heavy atom. The molecule has 0 aliphatic rings. The minimum Gasteiger partial charge on any atom is -0.361 e. The molecular weight excluding hydrogens is 272 g/mol. The molecule has 2 N–H and O–H groups in total. The van der Waals surface area contributed by atoms with E-state index in [1.807, 2.05) is 42.6 Å². The Bertz CT molecular complexity index is 955. The third-order valence-electron chi connectivity index (χ3n) is 3.63. The first-order chi connectivity index (χ1) is 10.9. The van der Waals surface area contributed by atoms with E-state index in [0.29, 0.717) is 0 Å². The molecule has 106 valence electrons. The van der Waals surface area contributed by atoms with Crippen LogP contribution in [0.1, 0.15) is 11.3 Å². The molecule has 4 rings (SSSR count). The highest BCUT2D eigenvalue weighted by atomic mass is 15.2. The molecule has 0 fully saturated rings. The van der Waals surface area contributed by atoms with E-state index in [0.717, 1.165) is 27.7 Å². The predicted octanol–water partition coefficient (Wildman–Crippen LogP) is 4.10. The first-order valence-corrected chi connectivity index (χ1v) is 7.10. The van der Waals surface area contributed by atoms with Crippen molar-refractivity contribution in [2.24, 2.45) is 10.2 Å². The number of benzene rings is 2. The average molecular weight is 286 g/mol. The van der Waals surface area contributed by atoms with E-state index < -0.39 is 0 Å². The van der Waals surface area contributed by atoms with E-state index in [1.165, 1.54) is 5.39 Å². The summed E-state index contributed by atoms with van der Waals surface area (Å²) in [4.78, 5) is 6.50. The van der Waals surface area contributed by atoms with Gasteiger partial charge in [-0.1, -0.05) is 36.4 Å². The van der Waals surface area contributed by atoms with Crippen LogP contribution in [0.2, 0.25) is 0 Å². The molecule has 2 aromatic heterocycles. The Morgan fingerprint density at radius 2 is 1.59 bits per heavy atom. The smallest absolute Gasteiger partial charge is 0.0731 e. The van der Waals surface area contributed by atoms with Gasteiger partial charge in [-0.3, -0.25) is 0 Å². The standard InChI is InChI=1S/C18H14N4/c1-3-7-17-13(5-1)9-15(22-17)12-21-20-11-14-10-19-18-8-4-2-6-16(14)18/h1-12,19,22H/b20-11-,21-12-. The third-order valence-corrected chi connectivity index (χ3v) is 3.63. The van der Waals surface area contributed by atoms with Gasteiger partial charge in [0.2, 0.25) is 0 Å². The number of para-hydroxylation sites is 2. The quantitative estimate of drug-likeness (QED) is 0.421. The highest BCUT2D eigenvalue weighted by Gasteiger charge is 1.99. The lowest BCUT2D eigenvalue weighted by atomic mass is 10.2. The van der Waals surface area contributed by atoms with Gasteiger partial charge in [0.05, 0.1) is 18.1 Å². The predicted molar refractivity (Wildman–Crippen MR) is 91.8 cm³/mol. The Kier molecular flexibility index (Phi) is 3.05. The van der Waals surface area contributed by atoms with Gasteiger partial charge >= 0.3 is 0 Å². The van der Waals surface area contributed by atoms with Crippen LogP contribution in [-0.4, -0.2) is 22.4 Å². The molecule has 0 unspecified atom stereocenters. The van der Waals surface area contributed by atoms with Crippen molar-refractivity contribution in [1.29, 1.82) is 0 Å². The minimum atomic E-state index is 0.942. The Morgan fingerprint density at radius 3 is 2.50 bits per heavy atom. The van der Waals surface area contributed by atoms with E-state index in [-0.39, 0.29) is 0 Å². The number of hydrogen-bond donors (Lipinski definition) is 2. The Labute approximate surface area is 127 Å². The van der Waals surface area contributed by atoms with Crippen molar-refractivity contribution in [2.45, 2.75) is 0 Å². The van der Waals surface area contributed by atoms with Crippen LogP contribution in [-0.2, 0) is 0 Å². The highest BCUT2D eigenvalue weighted by Crippen LogP contribution is 2.16. The maximum Gasteiger partial charge on any atom is 0.0731 e. The average Bonchev–Trinajstić information content (AvgIpc) is 3.15. The van der Waals surface area contributed by atoms with Gasteiger partial charge in [0.25, 0.3) is 0 Å². The van der Waals surface area contributed by atoms with Gasteiger partial charge < -0.3 is 9.97 Å². The summed E-state index contributed by atoms with van der Waals surface area (Å²) < 4.78 is 0. The van der Waals surface area contributed by atoms with Crippen molar-refractivity contribution in [3.8, 4) is 0 Å². The summed E-state index contributed by atoms with van der Waals surface area (Å²) in [5.74, 6) is 0. The van der Waals surface area contributed by atoms with Gasteiger partial charge in [0, 0.05) is 33.6 Å². The molecule has 4 aromatic rings. The number of fused-ring (bicyclic) bond motifs is 2. The highest BCUT2D eigenvalue weighted by molar-refractivity contribution is 5.99. The van der Waals surface area contributed by atoms with E-state index in [2.05, 4.69) is 38.4 Å². The summed E-state index contributed by atoms with van der Waals surface area (Å²) >= 11 is 0. The lowest BCUT2D eigenvalue weighted by molar-refractivity contribution is 1.26. The lowest BCUT2D eigenvalue weighted by Gasteiger charge is -1.88. The number of hydrogen-bond acceptors (Lipinski definition) is 2. The number of nitrogens with zero attached hydrogens (tertiary/aromatic N) is 2. The van der Waals surface area contributed by atoms with Crippen molar-refractivity contribution in [3.05, 3.63) is 72.1 Å². The van der Waals surface area contributed by atoms with E-state index in [9.17, 15) is 0 Å². The maximum absolute atomic E-state index is 4.13. The molecule has 0 radical (unpaired) electrons. The lowest BCUT2D eigenvalue weighted by Crippen LogP contribution is -1.79. The Hall–Kier alpha value is -3.14. The zero-order chi connectivity index (χ0) is 14.8. The SMILES string of the molecule is C(=N/N=C\c1c[nH]c2ccccc12)/c1cc2ccccc2[nH]1. The molecule has 0 amide bonds. The van der Waals surface area contributed by atoms with E-state index >= 15 is 0 Å². The number of rotatable bonds is 3. The van der Waals surface area contributed by atoms with Crippen LogP contribution in [0.15, 0.2) is 71.0 Å². The summed E-state index contributed by atoms with van der Waals surface area (Å²) in [6, 6.07) is 18.3. The summed E-state index contributed by atoms with van der Waals surface area (Å²) in [6.07, 6.45) is 5.43. The largest absolute Gasteiger partial charge is 0.361 e. The van der Waals surface area contributed by atoms with Crippen molar-refractivity contribution >= 4 is 34.2 Å². The molecule has 0 bridgehead atoms. The minimum absolute atomic E-state index is 0.942. The van der Waals surface area contributed by atoms with Crippen molar-refractivity contribution in [2.75, 3.05) is 0 Å². The van der Waals surface area contributed by atoms with Crippen molar-refractivity contribution in [1.82, 2.24) is 9.97 Å². The van der Waals surface area contributed by atoms with Gasteiger partial charge in [-0.25, -0.2) is 0 Å². The van der Waals surface area contributed by atoms with Gasteiger partial charge in [-0.05, 0) is 18.2 Å². The Balaban J connectivity index is 1.56. The van der Waals surface area contributed by atoms with Gasteiger partial charge in [0.1, 0.15) is 0 Å². The van der Waals surface area contributed by atoms with Gasteiger partial charge in [0.15, 0.2) is 0 Å². The van der Waals surface area contributed by atoms with Gasteiger partial charge in [-0.2, -0.15) is 10.2 Å². The summed E-state index contributed by atoms with van der Waals surface area (Å²) in [6.45, 7) is 0. The van der Waals surface area contributed by atoms with Gasteiger partial charge in [-0.15, -0.1) is 0 Å². The molecule has 0 saturated carbocycles. The van der Waals surface area contributed by atoms with Crippen LogP contribution in [0.25, 0.3) is 21.8 Å². The first kappa shape index (κ1) is 12.6. The van der Waals surface area contributed by atoms with Crippen molar-refractivity contribution < 1.29 is 0 Å². The van der Waals surface area contributed by atoms with Crippen LogP contribution in [0.5, 0.6) is 0 Å². The second-order valence-corrected chi connectivity index (χ2v) is 5.09. The van der Waals surface area contributed by atoms with Crippen LogP contribution >= 0.6 is 0 Å². The van der Waals surface area contributed by atoms with E-state index in [1.54, 1.807) is 12.4 Å². The molecule has 4 nitrogen and oxygen atoms in total. The fraction of sp³-hybridized carbons (Fsp3) is 0. The summed E-state index contributed by atoms with van der Waals surface area (Å²) in [5.41, 5.74) is 4.18. The molecule has 0 aliphatic heterocycles. The number of nitrogens with one attached hydrogen (secondary N) is 2. The number of H-pyrrole nitrogens is 2. The zero-order valence-electron chi connectivity index (χ0n) is 11.8. The van der Waals surface area contributed by atoms with Crippen LogP contribution < -0.4 is 0 Å². The topological polar surface area (TPSA) is 56.3 Å². The number of aromatic nitrogens is 2.